The standard InChI is InChI=1S/C24H20F3N7O2/c1-12-5-16-17(34-11-29-7-18(34)21(28)31-16)6-14(12)23(35)32(2)19-10-36-9-15-13(19)3-4-33-20(24(25,26)27)8-30-22(15)33/h3-8,11,19H,9-10H2,1-2H3,(H2,28,31)/t19-/m0/s1. The summed E-state index contributed by atoms with van der Waals surface area (Å²) in [6, 6.07) is 4.64. The molecule has 1 atom stereocenters. The minimum Gasteiger partial charge on any atom is -0.382 e. The average molecular weight is 495 g/mol. The van der Waals surface area contributed by atoms with Crippen molar-refractivity contribution in [3.8, 4) is 0 Å². The number of alkyl halides is 3. The molecule has 1 amide bonds. The number of fused-ring (bicyclic) bond motifs is 6. The van der Waals surface area contributed by atoms with E-state index in [1.54, 1.807) is 47.1 Å². The number of nitrogen functional groups attached to an aromatic ring is 1. The number of aryl methyl sites for hydroxylation is 1. The highest BCUT2D eigenvalue weighted by Crippen LogP contribution is 2.36. The Morgan fingerprint density at radius 3 is 2.81 bits per heavy atom. The number of hydrogen-bond acceptors (Lipinski definition) is 6. The number of hydrogen-bond donors (Lipinski definition) is 1. The van der Waals surface area contributed by atoms with Gasteiger partial charge in [0.2, 0.25) is 0 Å². The van der Waals surface area contributed by atoms with E-state index >= 15 is 0 Å². The quantitative estimate of drug-likeness (QED) is 0.400. The van der Waals surface area contributed by atoms with Gasteiger partial charge in [-0.2, -0.15) is 13.2 Å². The lowest BCUT2D eigenvalue weighted by Gasteiger charge is -2.33. The zero-order valence-corrected chi connectivity index (χ0v) is 19.2. The largest absolute Gasteiger partial charge is 0.433 e. The molecule has 0 spiro atoms. The number of imidazole rings is 2. The Morgan fingerprint density at radius 1 is 1.22 bits per heavy atom. The second-order valence-corrected chi connectivity index (χ2v) is 8.83. The molecule has 2 N–H and O–H groups in total. The number of pyridine rings is 1. The Labute approximate surface area is 201 Å². The predicted octanol–water partition coefficient (Wildman–Crippen LogP) is 3.78. The van der Waals surface area contributed by atoms with E-state index < -0.39 is 17.9 Å². The van der Waals surface area contributed by atoms with Crippen LogP contribution in [0.3, 0.4) is 0 Å². The van der Waals surface area contributed by atoms with E-state index in [9.17, 15) is 18.0 Å². The second-order valence-electron chi connectivity index (χ2n) is 8.83. The molecule has 0 radical (unpaired) electrons. The molecule has 12 heteroatoms. The molecule has 0 aliphatic carbocycles. The highest BCUT2D eigenvalue weighted by molar-refractivity contribution is 6.00. The third kappa shape index (κ3) is 3.21. The van der Waals surface area contributed by atoms with Crippen LogP contribution < -0.4 is 5.73 Å². The summed E-state index contributed by atoms with van der Waals surface area (Å²) >= 11 is 0. The normalized spacial score (nSPS) is 16.1. The van der Waals surface area contributed by atoms with Crippen molar-refractivity contribution in [2.24, 2.45) is 0 Å². The SMILES string of the molecule is Cc1cc2nc(N)c3cncn3c2cc1C(=O)N(C)[C@H]1COCc2c1ccn1c(C(F)(F)F)cnc21. The van der Waals surface area contributed by atoms with Gasteiger partial charge < -0.3 is 15.4 Å². The van der Waals surface area contributed by atoms with Gasteiger partial charge in [-0.15, -0.1) is 0 Å². The van der Waals surface area contributed by atoms with Crippen molar-refractivity contribution in [1.82, 2.24) is 28.7 Å². The Bertz CT molecular complexity index is 1690. The summed E-state index contributed by atoms with van der Waals surface area (Å²) in [5, 5.41) is 0. The molecule has 1 aromatic carbocycles. The minimum absolute atomic E-state index is 0.104. The Morgan fingerprint density at radius 2 is 2.03 bits per heavy atom. The Hall–Kier alpha value is -4.19. The molecular weight excluding hydrogens is 475 g/mol. The van der Waals surface area contributed by atoms with Gasteiger partial charge in [0.25, 0.3) is 5.91 Å². The van der Waals surface area contributed by atoms with Crippen LogP contribution in [0.4, 0.5) is 19.0 Å². The number of halogens is 3. The van der Waals surface area contributed by atoms with E-state index in [4.69, 9.17) is 10.5 Å². The number of carbonyl (C=O) groups excluding carboxylic acids is 1. The van der Waals surface area contributed by atoms with Gasteiger partial charge in [-0.3, -0.25) is 13.6 Å². The summed E-state index contributed by atoms with van der Waals surface area (Å²) < 4.78 is 48.6. The lowest BCUT2D eigenvalue weighted by Crippen LogP contribution is -2.37. The van der Waals surface area contributed by atoms with Crippen LogP contribution in [0.25, 0.3) is 22.2 Å². The first-order chi connectivity index (χ1) is 17.1. The number of nitrogens with zero attached hydrogens (tertiary/aromatic N) is 6. The van der Waals surface area contributed by atoms with Crippen molar-refractivity contribution in [2.45, 2.75) is 25.7 Å². The van der Waals surface area contributed by atoms with Crippen LogP contribution in [0, 0.1) is 6.92 Å². The molecule has 36 heavy (non-hydrogen) atoms. The average Bonchev–Trinajstić information content (AvgIpc) is 3.50. The van der Waals surface area contributed by atoms with E-state index in [0.717, 1.165) is 10.6 Å². The van der Waals surface area contributed by atoms with Crippen LogP contribution in [-0.4, -0.2) is 48.2 Å². The topological polar surface area (TPSA) is 103 Å². The minimum atomic E-state index is -4.54. The van der Waals surface area contributed by atoms with E-state index in [2.05, 4.69) is 15.0 Å². The molecule has 184 valence electrons. The highest BCUT2D eigenvalue weighted by atomic mass is 19.4. The number of anilines is 1. The highest BCUT2D eigenvalue weighted by Gasteiger charge is 2.36. The van der Waals surface area contributed by atoms with Gasteiger partial charge >= 0.3 is 6.18 Å². The molecule has 5 heterocycles. The van der Waals surface area contributed by atoms with Crippen LogP contribution in [0.2, 0.25) is 0 Å². The first kappa shape index (κ1) is 22.3. The number of benzene rings is 1. The molecule has 9 nitrogen and oxygen atoms in total. The van der Waals surface area contributed by atoms with Gasteiger partial charge in [-0.25, -0.2) is 15.0 Å². The van der Waals surface area contributed by atoms with E-state index in [-0.39, 0.29) is 24.8 Å². The smallest absolute Gasteiger partial charge is 0.382 e. The zero-order valence-electron chi connectivity index (χ0n) is 19.2. The molecule has 0 fully saturated rings. The number of aromatic nitrogens is 5. The number of likely N-dealkylation sites (N-methyl/N-ethyl adjacent to an activating group) is 1. The molecular formula is C24H20F3N7O2. The Kier molecular flexibility index (Phi) is 4.74. The van der Waals surface area contributed by atoms with Crippen molar-refractivity contribution in [3.63, 3.8) is 0 Å². The maximum atomic E-state index is 13.7. The Balaban J connectivity index is 1.42. The van der Waals surface area contributed by atoms with E-state index in [1.807, 2.05) is 6.92 Å². The summed E-state index contributed by atoms with van der Waals surface area (Å²) in [4.78, 5) is 27.8. The molecule has 0 unspecified atom stereocenters. The van der Waals surface area contributed by atoms with Crippen molar-refractivity contribution < 1.29 is 22.7 Å². The van der Waals surface area contributed by atoms with Gasteiger partial charge in [0, 0.05) is 24.4 Å². The van der Waals surface area contributed by atoms with Crippen molar-refractivity contribution in [2.75, 3.05) is 19.4 Å². The third-order valence-electron chi connectivity index (χ3n) is 6.73. The summed E-state index contributed by atoms with van der Waals surface area (Å²) in [7, 11) is 1.65. The second kappa shape index (κ2) is 7.65. The number of rotatable bonds is 2. The summed E-state index contributed by atoms with van der Waals surface area (Å²) in [5.41, 5.74) is 9.68. The number of nitrogens with two attached hydrogens (primary N) is 1. The maximum absolute atomic E-state index is 13.7. The van der Waals surface area contributed by atoms with Crippen molar-refractivity contribution in [3.05, 3.63) is 71.1 Å². The fourth-order valence-electron chi connectivity index (χ4n) is 4.86. The number of amides is 1. The third-order valence-corrected chi connectivity index (χ3v) is 6.73. The van der Waals surface area contributed by atoms with Gasteiger partial charge in [0.15, 0.2) is 0 Å². The van der Waals surface area contributed by atoms with Gasteiger partial charge in [0.05, 0.1) is 49.0 Å². The summed E-state index contributed by atoms with van der Waals surface area (Å²) in [6.07, 6.45) is 0.826. The molecule has 5 aromatic rings. The first-order valence-electron chi connectivity index (χ1n) is 11.1. The number of carbonyl (C=O) groups is 1. The van der Waals surface area contributed by atoms with Crippen LogP contribution in [0.1, 0.15) is 38.8 Å². The monoisotopic (exact) mass is 495 g/mol. The van der Waals surface area contributed by atoms with E-state index in [1.165, 1.54) is 6.20 Å². The molecule has 4 aromatic heterocycles. The number of ether oxygens (including phenoxy) is 1. The summed E-state index contributed by atoms with van der Waals surface area (Å²) in [6.45, 7) is 2.12. The summed E-state index contributed by atoms with van der Waals surface area (Å²) in [5.74, 6) is 0.0747. The van der Waals surface area contributed by atoms with Crippen LogP contribution in [0.5, 0.6) is 0 Å². The lowest BCUT2D eigenvalue weighted by molar-refractivity contribution is -0.141. The zero-order chi connectivity index (χ0) is 25.4. The molecule has 0 saturated heterocycles. The molecule has 1 aliphatic rings. The van der Waals surface area contributed by atoms with Gasteiger partial charge in [0.1, 0.15) is 22.7 Å². The molecule has 1 aliphatic heterocycles. The van der Waals surface area contributed by atoms with Crippen LogP contribution in [-0.2, 0) is 17.5 Å². The predicted molar refractivity (Wildman–Crippen MR) is 124 cm³/mol. The van der Waals surface area contributed by atoms with Crippen LogP contribution in [0.15, 0.2) is 43.1 Å². The van der Waals surface area contributed by atoms with Gasteiger partial charge in [-0.05, 0) is 36.2 Å². The maximum Gasteiger partial charge on any atom is 0.433 e. The lowest BCUT2D eigenvalue weighted by atomic mass is 9.98. The van der Waals surface area contributed by atoms with Crippen molar-refractivity contribution in [1.29, 1.82) is 0 Å². The van der Waals surface area contributed by atoms with Gasteiger partial charge in [-0.1, -0.05) is 0 Å². The fraction of sp³-hybridized carbons (Fsp3) is 0.250. The molecule has 0 bridgehead atoms. The van der Waals surface area contributed by atoms with E-state index in [0.29, 0.717) is 44.6 Å². The fourth-order valence-corrected chi connectivity index (χ4v) is 4.86. The van der Waals surface area contributed by atoms with Crippen LogP contribution >= 0.6 is 0 Å². The van der Waals surface area contributed by atoms with Crippen molar-refractivity contribution >= 4 is 33.9 Å². The molecule has 6 rings (SSSR count). The first-order valence-corrected chi connectivity index (χ1v) is 11.1. The molecule has 0 saturated carbocycles.